The minimum atomic E-state index is -0.611. The van der Waals surface area contributed by atoms with Gasteiger partial charge < -0.3 is 20.5 Å². The molecule has 2 amide bonds. The molecule has 7 nitrogen and oxygen atoms in total. The smallest absolute Gasteiger partial charge is 0.309 e. The van der Waals surface area contributed by atoms with Crippen LogP contribution in [0.3, 0.4) is 0 Å². The first-order chi connectivity index (χ1) is 19.0. The molecule has 1 aromatic rings. The number of nitrogens with one attached hydrogen (secondary N) is 2. The number of aliphatic hydroxyl groups is 1. The topological polar surface area (TPSA) is 105 Å². The lowest BCUT2D eigenvalue weighted by Gasteiger charge is -2.33. The van der Waals surface area contributed by atoms with E-state index in [1.807, 2.05) is 57.2 Å². The SMILES string of the molecule is C=CCCCC(Cc1ccccc1)C(=O)OCC(NC(=O)C(CC=C)CC(=O)NC1(CO)CCCC1)C(C)(C)C. The number of carbonyl (C=O) groups is 3. The van der Waals surface area contributed by atoms with Gasteiger partial charge in [-0.1, -0.05) is 76.1 Å². The maximum atomic E-state index is 13.4. The Bertz CT molecular complexity index is 963. The molecule has 3 unspecified atom stereocenters. The summed E-state index contributed by atoms with van der Waals surface area (Å²) in [5, 5.41) is 15.9. The fourth-order valence-electron chi connectivity index (χ4n) is 5.22. The summed E-state index contributed by atoms with van der Waals surface area (Å²) in [4.78, 5) is 39.5. The molecule has 7 heteroatoms. The standard InChI is InChI=1S/C33H50N2O5/c1-6-8-10-18-27(21-25-16-11-9-12-17-25)31(39)40-23-28(32(3,4)5)34-30(38)26(15-7-2)22-29(37)35-33(24-36)19-13-14-20-33/h6-7,9,11-12,16-17,26-28,36H,1-2,8,10,13-15,18-24H2,3-5H3,(H,34,38)(H,35,37). The first-order valence-electron chi connectivity index (χ1n) is 14.7. The molecule has 0 spiro atoms. The van der Waals surface area contributed by atoms with Crippen molar-refractivity contribution in [2.24, 2.45) is 17.3 Å². The second-order valence-electron chi connectivity index (χ2n) is 12.3. The summed E-state index contributed by atoms with van der Waals surface area (Å²) in [7, 11) is 0. The third-order valence-electron chi connectivity index (χ3n) is 7.89. The van der Waals surface area contributed by atoms with Gasteiger partial charge in [-0.3, -0.25) is 14.4 Å². The Morgan fingerprint density at radius 3 is 2.33 bits per heavy atom. The number of allylic oxidation sites excluding steroid dienone is 2. The van der Waals surface area contributed by atoms with Crippen molar-refractivity contribution in [3.05, 3.63) is 61.2 Å². The number of aliphatic hydroxyl groups excluding tert-OH is 1. The van der Waals surface area contributed by atoms with Crippen molar-refractivity contribution in [2.75, 3.05) is 13.2 Å². The molecule has 1 aliphatic carbocycles. The van der Waals surface area contributed by atoms with Gasteiger partial charge in [0.15, 0.2) is 0 Å². The quantitative estimate of drug-likeness (QED) is 0.138. The van der Waals surface area contributed by atoms with E-state index in [4.69, 9.17) is 4.74 Å². The summed E-state index contributed by atoms with van der Waals surface area (Å²) in [6, 6.07) is 9.46. The third-order valence-corrected chi connectivity index (χ3v) is 7.89. The molecular formula is C33H50N2O5. The van der Waals surface area contributed by atoms with Gasteiger partial charge in [-0.2, -0.15) is 0 Å². The first-order valence-corrected chi connectivity index (χ1v) is 14.7. The Balaban J connectivity index is 2.04. The summed E-state index contributed by atoms with van der Waals surface area (Å²) in [5.41, 5.74) is 0.102. The number of hydrogen-bond acceptors (Lipinski definition) is 5. The fraction of sp³-hybridized carbons (Fsp3) is 0.606. The highest BCUT2D eigenvalue weighted by Crippen LogP contribution is 2.29. The zero-order valence-electron chi connectivity index (χ0n) is 24.8. The predicted molar refractivity (Wildman–Crippen MR) is 159 cm³/mol. The van der Waals surface area contributed by atoms with Gasteiger partial charge in [0.05, 0.1) is 30.0 Å². The van der Waals surface area contributed by atoms with E-state index in [0.717, 1.165) is 44.1 Å². The normalized spacial score (nSPS) is 16.8. The number of carbonyl (C=O) groups excluding carboxylic acids is 3. The molecule has 0 radical (unpaired) electrons. The van der Waals surface area contributed by atoms with Crippen LogP contribution < -0.4 is 10.6 Å². The van der Waals surface area contributed by atoms with E-state index < -0.39 is 17.5 Å². The van der Waals surface area contributed by atoms with Gasteiger partial charge in [0.1, 0.15) is 6.61 Å². The Kier molecular flexibility index (Phi) is 13.6. The molecule has 40 heavy (non-hydrogen) atoms. The summed E-state index contributed by atoms with van der Waals surface area (Å²) in [6.07, 6.45) is 10.2. The molecule has 0 heterocycles. The van der Waals surface area contributed by atoms with Crippen LogP contribution in [0.1, 0.15) is 84.1 Å². The van der Waals surface area contributed by atoms with Crippen molar-refractivity contribution in [2.45, 2.75) is 96.6 Å². The minimum Gasteiger partial charge on any atom is -0.463 e. The Morgan fingerprint density at radius 2 is 1.75 bits per heavy atom. The summed E-state index contributed by atoms with van der Waals surface area (Å²) < 4.78 is 5.83. The van der Waals surface area contributed by atoms with Crippen LogP contribution in [0.2, 0.25) is 0 Å². The fourth-order valence-corrected chi connectivity index (χ4v) is 5.22. The first kappa shape index (κ1) is 33.3. The summed E-state index contributed by atoms with van der Waals surface area (Å²) in [6.45, 7) is 13.4. The largest absolute Gasteiger partial charge is 0.463 e. The van der Waals surface area contributed by atoms with Crippen LogP contribution in [0, 0.1) is 17.3 Å². The molecule has 3 atom stereocenters. The molecule has 0 bridgehead atoms. The van der Waals surface area contributed by atoms with Gasteiger partial charge >= 0.3 is 5.97 Å². The van der Waals surface area contributed by atoms with Crippen LogP contribution in [0.5, 0.6) is 0 Å². The molecule has 1 saturated carbocycles. The lowest BCUT2D eigenvalue weighted by Crippen LogP contribution is -2.52. The monoisotopic (exact) mass is 554 g/mol. The van der Waals surface area contributed by atoms with E-state index in [2.05, 4.69) is 23.8 Å². The highest BCUT2D eigenvalue weighted by Gasteiger charge is 2.36. The van der Waals surface area contributed by atoms with E-state index in [-0.39, 0.29) is 48.8 Å². The zero-order valence-corrected chi connectivity index (χ0v) is 24.8. The zero-order chi connectivity index (χ0) is 29.6. The van der Waals surface area contributed by atoms with Crippen LogP contribution >= 0.6 is 0 Å². The Labute approximate surface area is 240 Å². The van der Waals surface area contributed by atoms with Crippen molar-refractivity contribution in [3.63, 3.8) is 0 Å². The second-order valence-corrected chi connectivity index (χ2v) is 12.3. The molecule has 0 aliphatic heterocycles. The maximum absolute atomic E-state index is 13.4. The van der Waals surface area contributed by atoms with Crippen molar-refractivity contribution in [3.8, 4) is 0 Å². The maximum Gasteiger partial charge on any atom is 0.309 e. The van der Waals surface area contributed by atoms with Crippen LogP contribution in [0.4, 0.5) is 0 Å². The molecular weight excluding hydrogens is 504 g/mol. The number of hydrogen-bond donors (Lipinski definition) is 3. The minimum absolute atomic E-state index is 0.00128. The van der Waals surface area contributed by atoms with E-state index in [1.54, 1.807) is 6.08 Å². The molecule has 3 N–H and O–H groups in total. The van der Waals surface area contributed by atoms with E-state index in [0.29, 0.717) is 19.3 Å². The van der Waals surface area contributed by atoms with E-state index >= 15 is 0 Å². The van der Waals surface area contributed by atoms with E-state index in [9.17, 15) is 19.5 Å². The van der Waals surface area contributed by atoms with Crippen molar-refractivity contribution < 1.29 is 24.2 Å². The third kappa shape index (κ3) is 10.9. The van der Waals surface area contributed by atoms with Gasteiger partial charge in [-0.05, 0) is 55.9 Å². The van der Waals surface area contributed by atoms with Crippen molar-refractivity contribution in [1.82, 2.24) is 10.6 Å². The second kappa shape index (κ2) is 16.4. The average Bonchev–Trinajstić information content (AvgIpc) is 3.38. The lowest BCUT2D eigenvalue weighted by molar-refractivity contribution is -0.151. The van der Waals surface area contributed by atoms with Crippen LogP contribution in [-0.4, -0.2) is 47.7 Å². The van der Waals surface area contributed by atoms with Gasteiger partial charge in [0.2, 0.25) is 11.8 Å². The highest BCUT2D eigenvalue weighted by atomic mass is 16.5. The van der Waals surface area contributed by atoms with Crippen molar-refractivity contribution in [1.29, 1.82) is 0 Å². The van der Waals surface area contributed by atoms with Gasteiger partial charge in [0, 0.05) is 6.42 Å². The van der Waals surface area contributed by atoms with E-state index in [1.165, 1.54) is 0 Å². The molecule has 1 fully saturated rings. The number of ether oxygens (including phenoxy) is 1. The van der Waals surface area contributed by atoms with Gasteiger partial charge in [-0.25, -0.2) is 0 Å². The average molecular weight is 555 g/mol. The predicted octanol–water partition coefficient (Wildman–Crippen LogP) is 5.28. The van der Waals surface area contributed by atoms with Gasteiger partial charge in [-0.15, -0.1) is 13.2 Å². The van der Waals surface area contributed by atoms with Gasteiger partial charge in [0.25, 0.3) is 0 Å². The molecule has 0 aromatic heterocycles. The summed E-state index contributed by atoms with van der Waals surface area (Å²) >= 11 is 0. The summed E-state index contributed by atoms with van der Waals surface area (Å²) in [5.74, 6) is -1.70. The van der Waals surface area contributed by atoms with Crippen LogP contribution in [0.25, 0.3) is 0 Å². The molecule has 1 aliphatic rings. The number of benzene rings is 1. The number of unbranched alkanes of at least 4 members (excludes halogenated alkanes) is 1. The number of rotatable bonds is 17. The molecule has 1 aromatic carbocycles. The Morgan fingerprint density at radius 1 is 1.07 bits per heavy atom. The highest BCUT2D eigenvalue weighted by molar-refractivity contribution is 5.86. The molecule has 222 valence electrons. The number of esters is 1. The lowest BCUT2D eigenvalue weighted by atomic mass is 9.86. The Hall–Kier alpha value is -2.93. The molecule has 0 saturated heterocycles. The van der Waals surface area contributed by atoms with Crippen molar-refractivity contribution >= 4 is 17.8 Å². The molecule has 2 rings (SSSR count). The van der Waals surface area contributed by atoms with Crippen LogP contribution in [-0.2, 0) is 25.5 Å². The van der Waals surface area contributed by atoms with Crippen LogP contribution in [0.15, 0.2) is 55.6 Å². The number of amides is 2.